The molecule has 1 fully saturated rings. The standard InChI is InChI=1S/C10H14N2OS/c1-7(13)10-11-9(6-14-10)8-3-4-12(2)5-8/h6,8H,3-5H2,1-2H3. The molecule has 76 valence electrons. The maximum absolute atomic E-state index is 11.1. The number of aromatic nitrogens is 1. The number of likely N-dealkylation sites (N-methyl/N-ethyl adjacent to an activating group) is 1. The van der Waals surface area contributed by atoms with Crippen LogP contribution >= 0.6 is 11.3 Å². The average molecular weight is 210 g/mol. The molecular formula is C10H14N2OS. The van der Waals surface area contributed by atoms with Crippen LogP contribution in [-0.2, 0) is 0 Å². The fourth-order valence-electron chi connectivity index (χ4n) is 1.81. The van der Waals surface area contributed by atoms with Crippen molar-refractivity contribution in [2.45, 2.75) is 19.3 Å². The van der Waals surface area contributed by atoms with E-state index < -0.39 is 0 Å². The molecule has 1 aromatic rings. The number of hydrogen-bond donors (Lipinski definition) is 0. The van der Waals surface area contributed by atoms with E-state index in [1.54, 1.807) is 6.92 Å². The molecular weight excluding hydrogens is 196 g/mol. The highest BCUT2D eigenvalue weighted by Crippen LogP contribution is 2.27. The van der Waals surface area contributed by atoms with Crippen LogP contribution in [0.25, 0.3) is 0 Å². The molecule has 0 saturated carbocycles. The summed E-state index contributed by atoms with van der Waals surface area (Å²) < 4.78 is 0. The normalized spacial score (nSPS) is 22.9. The molecule has 0 bridgehead atoms. The van der Waals surface area contributed by atoms with Gasteiger partial charge in [-0.2, -0.15) is 0 Å². The zero-order chi connectivity index (χ0) is 10.1. The second kappa shape index (κ2) is 3.79. The van der Waals surface area contributed by atoms with Gasteiger partial charge in [-0.3, -0.25) is 4.79 Å². The van der Waals surface area contributed by atoms with Crippen molar-refractivity contribution in [3.05, 3.63) is 16.1 Å². The Labute approximate surface area is 87.8 Å². The number of carbonyl (C=O) groups excluding carboxylic acids is 1. The number of thiazole rings is 1. The molecule has 1 aliphatic heterocycles. The first-order valence-corrected chi connectivity index (χ1v) is 5.69. The number of Topliss-reactive ketones (excluding diaryl/α,β-unsaturated/α-hetero) is 1. The van der Waals surface area contributed by atoms with Crippen molar-refractivity contribution in [2.75, 3.05) is 20.1 Å². The second-order valence-electron chi connectivity index (χ2n) is 3.88. The highest BCUT2D eigenvalue weighted by Gasteiger charge is 2.23. The fourth-order valence-corrected chi connectivity index (χ4v) is 2.61. The van der Waals surface area contributed by atoms with Gasteiger partial charge >= 0.3 is 0 Å². The van der Waals surface area contributed by atoms with E-state index >= 15 is 0 Å². The molecule has 0 amide bonds. The molecule has 0 aromatic carbocycles. The molecule has 3 nitrogen and oxygen atoms in total. The molecule has 1 unspecified atom stereocenters. The smallest absolute Gasteiger partial charge is 0.188 e. The van der Waals surface area contributed by atoms with Gasteiger partial charge in [0.25, 0.3) is 0 Å². The van der Waals surface area contributed by atoms with Gasteiger partial charge in [-0.15, -0.1) is 11.3 Å². The van der Waals surface area contributed by atoms with Crippen molar-refractivity contribution in [2.24, 2.45) is 0 Å². The van der Waals surface area contributed by atoms with Crippen LogP contribution in [0.5, 0.6) is 0 Å². The summed E-state index contributed by atoms with van der Waals surface area (Å²) in [5.41, 5.74) is 1.10. The lowest BCUT2D eigenvalue weighted by atomic mass is 10.1. The summed E-state index contributed by atoms with van der Waals surface area (Å²) in [5, 5.41) is 2.68. The molecule has 1 atom stereocenters. The Bertz CT molecular complexity index is 348. The van der Waals surface area contributed by atoms with E-state index in [1.807, 2.05) is 5.38 Å². The molecule has 1 saturated heterocycles. The predicted octanol–water partition coefficient (Wildman–Crippen LogP) is 1.76. The summed E-state index contributed by atoms with van der Waals surface area (Å²) in [6.07, 6.45) is 1.16. The molecule has 0 radical (unpaired) electrons. The number of nitrogens with zero attached hydrogens (tertiary/aromatic N) is 2. The number of ketones is 1. The van der Waals surface area contributed by atoms with Crippen molar-refractivity contribution >= 4 is 17.1 Å². The Balaban J connectivity index is 2.13. The largest absolute Gasteiger partial charge is 0.306 e. The monoisotopic (exact) mass is 210 g/mol. The Kier molecular flexibility index (Phi) is 2.65. The minimum absolute atomic E-state index is 0.0765. The van der Waals surface area contributed by atoms with Gasteiger partial charge in [0.05, 0.1) is 5.69 Å². The van der Waals surface area contributed by atoms with Crippen molar-refractivity contribution in [1.29, 1.82) is 0 Å². The van der Waals surface area contributed by atoms with Gasteiger partial charge < -0.3 is 4.90 Å². The van der Waals surface area contributed by atoms with Gasteiger partial charge in [-0.25, -0.2) is 4.98 Å². The maximum Gasteiger partial charge on any atom is 0.188 e. The van der Waals surface area contributed by atoms with E-state index in [2.05, 4.69) is 16.9 Å². The summed E-state index contributed by atoms with van der Waals surface area (Å²) in [6, 6.07) is 0. The van der Waals surface area contributed by atoms with Gasteiger partial charge in [-0.1, -0.05) is 0 Å². The summed E-state index contributed by atoms with van der Waals surface area (Å²) in [6.45, 7) is 3.78. The van der Waals surface area contributed by atoms with Crippen LogP contribution in [0.15, 0.2) is 5.38 Å². The highest BCUT2D eigenvalue weighted by molar-refractivity contribution is 7.11. The Hall–Kier alpha value is -0.740. The maximum atomic E-state index is 11.1. The third-order valence-corrected chi connectivity index (χ3v) is 3.59. The minimum atomic E-state index is 0.0765. The lowest BCUT2D eigenvalue weighted by Gasteiger charge is -2.06. The van der Waals surface area contributed by atoms with Gasteiger partial charge in [0.1, 0.15) is 0 Å². The molecule has 0 N–H and O–H groups in total. The van der Waals surface area contributed by atoms with Gasteiger partial charge in [0, 0.05) is 24.8 Å². The summed E-state index contributed by atoms with van der Waals surface area (Å²) >= 11 is 1.47. The number of likely N-dealkylation sites (tertiary alicyclic amines) is 1. The highest BCUT2D eigenvalue weighted by atomic mass is 32.1. The third-order valence-electron chi connectivity index (χ3n) is 2.63. The van der Waals surface area contributed by atoms with Crippen LogP contribution < -0.4 is 0 Å². The topological polar surface area (TPSA) is 33.2 Å². The molecule has 0 aliphatic carbocycles. The number of rotatable bonds is 2. The Morgan fingerprint density at radius 2 is 2.50 bits per heavy atom. The van der Waals surface area contributed by atoms with Crippen molar-refractivity contribution in [3.63, 3.8) is 0 Å². The Morgan fingerprint density at radius 3 is 3.00 bits per heavy atom. The zero-order valence-corrected chi connectivity index (χ0v) is 9.30. The van der Waals surface area contributed by atoms with E-state index in [1.165, 1.54) is 11.3 Å². The first-order chi connectivity index (χ1) is 6.66. The van der Waals surface area contributed by atoms with E-state index in [0.29, 0.717) is 10.9 Å². The fraction of sp³-hybridized carbons (Fsp3) is 0.600. The van der Waals surface area contributed by atoms with Crippen molar-refractivity contribution < 1.29 is 4.79 Å². The van der Waals surface area contributed by atoms with Crippen LogP contribution in [0.2, 0.25) is 0 Å². The molecule has 2 rings (SSSR count). The predicted molar refractivity (Wildman–Crippen MR) is 57.0 cm³/mol. The van der Waals surface area contributed by atoms with Crippen LogP contribution in [0.1, 0.15) is 34.8 Å². The molecule has 0 spiro atoms. The molecule has 2 heterocycles. The van der Waals surface area contributed by atoms with E-state index in [0.717, 1.165) is 25.2 Å². The van der Waals surface area contributed by atoms with E-state index in [4.69, 9.17) is 0 Å². The lowest BCUT2D eigenvalue weighted by Crippen LogP contribution is -2.13. The Morgan fingerprint density at radius 1 is 1.71 bits per heavy atom. The van der Waals surface area contributed by atoms with E-state index in [9.17, 15) is 4.79 Å². The SMILES string of the molecule is CC(=O)c1nc(C2CCN(C)C2)cs1. The number of carbonyl (C=O) groups is 1. The van der Waals surface area contributed by atoms with Crippen LogP contribution in [-0.4, -0.2) is 35.8 Å². The first-order valence-electron chi connectivity index (χ1n) is 4.81. The first kappa shape index (κ1) is 9.80. The zero-order valence-electron chi connectivity index (χ0n) is 8.49. The number of hydrogen-bond acceptors (Lipinski definition) is 4. The summed E-state index contributed by atoms with van der Waals surface area (Å²) in [5.74, 6) is 0.608. The van der Waals surface area contributed by atoms with Gasteiger partial charge in [-0.05, 0) is 20.0 Å². The van der Waals surface area contributed by atoms with Gasteiger partial charge in [0.15, 0.2) is 10.8 Å². The van der Waals surface area contributed by atoms with E-state index in [-0.39, 0.29) is 5.78 Å². The van der Waals surface area contributed by atoms with Crippen molar-refractivity contribution in [1.82, 2.24) is 9.88 Å². The molecule has 14 heavy (non-hydrogen) atoms. The molecule has 1 aromatic heterocycles. The van der Waals surface area contributed by atoms with Crippen LogP contribution in [0.4, 0.5) is 0 Å². The minimum Gasteiger partial charge on any atom is -0.306 e. The quantitative estimate of drug-likeness (QED) is 0.697. The molecule has 4 heteroatoms. The summed E-state index contributed by atoms with van der Waals surface area (Å²) in [7, 11) is 2.12. The average Bonchev–Trinajstić information content (AvgIpc) is 2.70. The summed E-state index contributed by atoms with van der Waals surface area (Å²) in [4.78, 5) is 17.7. The van der Waals surface area contributed by atoms with Crippen LogP contribution in [0.3, 0.4) is 0 Å². The lowest BCUT2D eigenvalue weighted by molar-refractivity contribution is 0.101. The van der Waals surface area contributed by atoms with Gasteiger partial charge in [0.2, 0.25) is 0 Å². The van der Waals surface area contributed by atoms with Crippen LogP contribution in [0, 0.1) is 0 Å². The third kappa shape index (κ3) is 1.86. The van der Waals surface area contributed by atoms with Crippen molar-refractivity contribution in [3.8, 4) is 0 Å². The second-order valence-corrected chi connectivity index (χ2v) is 4.74. The molecule has 1 aliphatic rings.